The normalized spacial score (nSPS) is 12.1. The molecule has 0 spiro atoms. The molecule has 0 aliphatic heterocycles. The first-order valence-electron chi connectivity index (χ1n) is 5.50. The van der Waals surface area contributed by atoms with Gasteiger partial charge in [0.25, 0.3) is 20.2 Å². The maximum absolute atomic E-state index is 13.0. The Bertz CT molecular complexity index is 958. The Morgan fingerprint density at radius 1 is 1.04 bits per heavy atom. The van der Waals surface area contributed by atoms with E-state index in [-0.39, 0.29) is 0 Å². The van der Waals surface area contributed by atoms with E-state index in [1.807, 2.05) is 0 Å². The van der Waals surface area contributed by atoms with Gasteiger partial charge in [0, 0.05) is 0 Å². The number of benzene rings is 1. The number of hydrogen-bond donors (Lipinski definition) is 4. The number of nitrogens with one attached hydrogen (secondary N) is 1. The topological polar surface area (TPSA) is 185 Å². The minimum atomic E-state index is -4.77. The molecular weight excluding hydrogens is 357 g/mol. The predicted molar refractivity (Wildman–Crippen MR) is 73.6 cm³/mol. The molecule has 5 N–H and O–H groups in total. The van der Waals surface area contributed by atoms with Crippen molar-refractivity contribution in [3.8, 4) is 0 Å². The second-order valence-corrected chi connectivity index (χ2v) is 6.83. The Morgan fingerprint density at radius 3 is 2.22 bits per heavy atom. The third kappa shape index (κ3) is 4.07. The molecule has 0 saturated heterocycles. The summed E-state index contributed by atoms with van der Waals surface area (Å²) in [6.07, 6.45) is -1.28. The zero-order valence-electron chi connectivity index (χ0n) is 10.9. The molecule has 1 heterocycles. The molecule has 2 aromatic rings. The largest absolute Gasteiger partial charge is 0.368 e. The Balaban J connectivity index is 2.62. The highest BCUT2D eigenvalue weighted by molar-refractivity contribution is 7.86. The first-order valence-corrected chi connectivity index (χ1v) is 8.38. The summed E-state index contributed by atoms with van der Waals surface area (Å²) in [7, 11) is -9.44. The molecule has 1 aromatic heterocycles. The second kappa shape index (κ2) is 5.65. The first kappa shape index (κ1) is 16.9. The zero-order chi connectivity index (χ0) is 17.4. The van der Waals surface area contributed by atoms with Gasteiger partial charge in [-0.05, 0) is 18.2 Å². The number of nitrogens with two attached hydrogens (primary N) is 1. The van der Waals surface area contributed by atoms with Gasteiger partial charge in [-0.2, -0.15) is 36.2 Å². The molecule has 2 rings (SSSR count). The van der Waals surface area contributed by atoms with Gasteiger partial charge in [0.2, 0.25) is 11.9 Å². The van der Waals surface area contributed by atoms with Crippen molar-refractivity contribution in [2.24, 2.45) is 0 Å². The van der Waals surface area contributed by atoms with Gasteiger partial charge in [-0.25, -0.2) is 0 Å². The summed E-state index contributed by atoms with van der Waals surface area (Å²) in [5.41, 5.74) is 4.66. The average Bonchev–Trinajstić information content (AvgIpc) is 2.34. The van der Waals surface area contributed by atoms with Crippen molar-refractivity contribution in [3.05, 3.63) is 24.3 Å². The maximum atomic E-state index is 13.0. The van der Waals surface area contributed by atoms with Crippen LogP contribution in [0.5, 0.6) is 0 Å². The molecule has 14 heteroatoms. The first-order chi connectivity index (χ1) is 10.5. The summed E-state index contributed by atoms with van der Waals surface area (Å²) in [6.45, 7) is 0. The van der Waals surface area contributed by atoms with Gasteiger partial charge in [0.05, 0.1) is 10.6 Å². The van der Waals surface area contributed by atoms with Crippen LogP contribution in [0.4, 0.5) is 22.0 Å². The minimum Gasteiger partial charge on any atom is -0.368 e. The van der Waals surface area contributed by atoms with Gasteiger partial charge in [-0.15, -0.1) is 0 Å². The number of anilines is 3. The zero-order valence-corrected chi connectivity index (χ0v) is 12.5. The van der Waals surface area contributed by atoms with Crippen LogP contribution in [0, 0.1) is 6.08 Å². The van der Waals surface area contributed by atoms with Crippen molar-refractivity contribution < 1.29 is 30.3 Å². The van der Waals surface area contributed by atoms with E-state index in [0.29, 0.717) is 12.1 Å². The van der Waals surface area contributed by atoms with Crippen molar-refractivity contribution in [3.63, 3.8) is 0 Å². The molecule has 0 aliphatic rings. The van der Waals surface area contributed by atoms with Crippen LogP contribution < -0.4 is 11.1 Å². The van der Waals surface area contributed by atoms with Crippen LogP contribution >= 0.6 is 0 Å². The van der Waals surface area contributed by atoms with E-state index in [0.717, 1.165) is 6.07 Å². The van der Waals surface area contributed by atoms with Gasteiger partial charge in [-0.1, -0.05) is 0 Å². The van der Waals surface area contributed by atoms with Crippen LogP contribution in [0.1, 0.15) is 0 Å². The lowest BCUT2D eigenvalue weighted by atomic mass is 10.3. The van der Waals surface area contributed by atoms with Crippen LogP contribution in [0.3, 0.4) is 0 Å². The number of rotatable bonds is 4. The lowest BCUT2D eigenvalue weighted by molar-refractivity contribution is 0.479. The number of nitrogen functional groups attached to an aromatic ring is 1. The SMILES string of the molecule is Nc1nc(F)nc(Nc2cc(S(=O)(=O)O)ccc2S(=O)(=O)O)n1. The van der Waals surface area contributed by atoms with Crippen LogP contribution in [0.2, 0.25) is 0 Å². The van der Waals surface area contributed by atoms with Crippen LogP contribution in [0.15, 0.2) is 28.0 Å². The van der Waals surface area contributed by atoms with Gasteiger partial charge < -0.3 is 11.1 Å². The summed E-state index contributed by atoms with van der Waals surface area (Å²) >= 11 is 0. The molecule has 0 bridgehead atoms. The fraction of sp³-hybridized carbons (Fsp3) is 0. The third-order valence-electron chi connectivity index (χ3n) is 2.40. The summed E-state index contributed by atoms with van der Waals surface area (Å²) in [6, 6.07) is 2.13. The summed E-state index contributed by atoms with van der Waals surface area (Å²) in [4.78, 5) is 8.24. The standard InChI is InChI=1S/C9H8FN5O6S2/c10-7-13-8(11)15-9(14-7)12-5-3-4(22(16,17)18)1-2-6(5)23(19,20)21/h1-3H,(H,16,17,18)(H,19,20,21)(H3,11,12,13,14,15). The van der Waals surface area contributed by atoms with Crippen LogP contribution in [-0.4, -0.2) is 40.9 Å². The van der Waals surface area contributed by atoms with E-state index in [1.165, 1.54) is 0 Å². The molecule has 0 unspecified atom stereocenters. The molecule has 0 aliphatic carbocycles. The lowest BCUT2D eigenvalue weighted by Gasteiger charge is -2.10. The van der Waals surface area contributed by atoms with E-state index in [4.69, 9.17) is 14.8 Å². The van der Waals surface area contributed by atoms with Gasteiger partial charge in [-0.3, -0.25) is 9.11 Å². The van der Waals surface area contributed by atoms with Gasteiger partial charge in [0.1, 0.15) is 4.90 Å². The average molecular weight is 365 g/mol. The number of aromatic nitrogens is 3. The molecule has 11 nitrogen and oxygen atoms in total. The molecular formula is C9H8FN5O6S2. The molecule has 23 heavy (non-hydrogen) atoms. The summed E-state index contributed by atoms with van der Waals surface area (Å²) in [5.74, 6) is -1.08. The minimum absolute atomic E-state index is 0.528. The van der Waals surface area contributed by atoms with E-state index < -0.39 is 53.7 Å². The van der Waals surface area contributed by atoms with E-state index in [1.54, 1.807) is 0 Å². The van der Waals surface area contributed by atoms with Gasteiger partial charge >= 0.3 is 6.08 Å². The summed E-state index contributed by atoms with van der Waals surface area (Å²) < 4.78 is 75.9. The van der Waals surface area contributed by atoms with Crippen molar-refractivity contribution in [2.75, 3.05) is 11.1 Å². The molecule has 0 fully saturated rings. The molecule has 0 saturated carbocycles. The van der Waals surface area contributed by atoms with E-state index >= 15 is 0 Å². The van der Waals surface area contributed by atoms with Crippen LogP contribution in [-0.2, 0) is 20.2 Å². The Labute approximate surface area is 128 Å². The fourth-order valence-electron chi connectivity index (χ4n) is 1.53. The number of nitrogens with zero attached hydrogens (tertiary/aromatic N) is 3. The maximum Gasteiger partial charge on any atom is 0.315 e. The highest BCUT2D eigenvalue weighted by atomic mass is 32.2. The molecule has 0 radical (unpaired) electrons. The smallest absolute Gasteiger partial charge is 0.315 e. The van der Waals surface area contributed by atoms with Crippen molar-refractivity contribution in [1.82, 2.24) is 15.0 Å². The number of hydrogen-bond acceptors (Lipinski definition) is 9. The Kier molecular flexibility index (Phi) is 4.16. The molecule has 1 aromatic carbocycles. The monoisotopic (exact) mass is 365 g/mol. The highest BCUT2D eigenvalue weighted by Crippen LogP contribution is 2.27. The molecule has 124 valence electrons. The molecule has 0 atom stereocenters. The molecule has 0 amide bonds. The van der Waals surface area contributed by atoms with Crippen LogP contribution in [0.25, 0.3) is 0 Å². The Morgan fingerprint density at radius 2 is 1.70 bits per heavy atom. The highest BCUT2D eigenvalue weighted by Gasteiger charge is 2.20. The van der Waals surface area contributed by atoms with Crippen molar-refractivity contribution in [2.45, 2.75) is 9.79 Å². The number of halogens is 1. The van der Waals surface area contributed by atoms with E-state index in [9.17, 15) is 21.2 Å². The quantitative estimate of drug-likeness (QED) is 0.527. The fourth-order valence-corrected chi connectivity index (χ4v) is 2.67. The van der Waals surface area contributed by atoms with Crippen molar-refractivity contribution in [1.29, 1.82) is 0 Å². The van der Waals surface area contributed by atoms with E-state index in [2.05, 4.69) is 20.3 Å². The summed E-state index contributed by atoms with van der Waals surface area (Å²) in [5, 5.41) is 2.18. The van der Waals surface area contributed by atoms with Gasteiger partial charge in [0.15, 0.2) is 0 Å². The predicted octanol–water partition coefficient (Wildman–Crippen LogP) is -0.170. The lowest BCUT2D eigenvalue weighted by Crippen LogP contribution is -2.09. The third-order valence-corrected chi connectivity index (χ3v) is 4.16. The second-order valence-electron chi connectivity index (χ2n) is 4.02. The Hall–Kier alpha value is -2.42. The van der Waals surface area contributed by atoms with Crippen molar-refractivity contribution >= 4 is 37.8 Å².